The number of ketones is 1. The van der Waals surface area contributed by atoms with Crippen molar-refractivity contribution in [2.24, 2.45) is 0 Å². The van der Waals surface area contributed by atoms with Gasteiger partial charge in [-0.1, -0.05) is 78.4 Å². The maximum atomic E-state index is 13.7. The molecule has 2 aliphatic heterocycles. The lowest BCUT2D eigenvalue weighted by Gasteiger charge is -2.23. The molecule has 0 bridgehead atoms. The maximum absolute atomic E-state index is 13.7. The van der Waals surface area contributed by atoms with Crippen molar-refractivity contribution < 1.29 is 24.2 Å². The van der Waals surface area contributed by atoms with Gasteiger partial charge in [-0.25, -0.2) is 0 Å². The van der Waals surface area contributed by atoms with Gasteiger partial charge in [-0.2, -0.15) is 0 Å². The number of halogens is 1. The Balaban J connectivity index is 1.39. The third kappa shape index (κ3) is 6.06. The van der Waals surface area contributed by atoms with E-state index >= 15 is 0 Å². The Labute approximate surface area is 268 Å². The number of unbranched alkanes of at least 4 members (excludes halogenated alkanes) is 1. The van der Waals surface area contributed by atoms with Crippen LogP contribution in [-0.4, -0.2) is 39.7 Å². The lowest BCUT2D eigenvalue weighted by molar-refractivity contribution is -0.132. The summed E-state index contributed by atoms with van der Waals surface area (Å²) < 4.78 is 12.4. The monoisotopic (exact) mass is 647 g/mol. The number of carbonyl (C=O) groups is 2. The maximum Gasteiger partial charge on any atom is 0.301 e. The number of carbonyl (C=O) groups excluding carboxylic acids is 2. The number of anilines is 1. The van der Waals surface area contributed by atoms with E-state index in [1.165, 1.54) is 28.0 Å². The highest BCUT2D eigenvalue weighted by Crippen LogP contribution is 2.45. The van der Waals surface area contributed by atoms with Crippen molar-refractivity contribution in [1.29, 1.82) is 0 Å². The van der Waals surface area contributed by atoms with Crippen LogP contribution in [0.5, 0.6) is 11.5 Å². The smallest absolute Gasteiger partial charge is 0.301 e. The number of amides is 1. The van der Waals surface area contributed by atoms with Crippen molar-refractivity contribution in [3.8, 4) is 11.5 Å². The third-order valence-corrected chi connectivity index (χ3v) is 9.94. The number of aliphatic hydroxyl groups excluding tert-OH is 1. The molecule has 2 atom stereocenters. The second-order valence-electron chi connectivity index (χ2n) is 10.6. The van der Waals surface area contributed by atoms with Crippen LogP contribution in [0, 0.1) is 0 Å². The fourth-order valence-corrected chi connectivity index (χ4v) is 7.45. The average Bonchev–Trinajstić information content (AvgIpc) is 3.71. The van der Waals surface area contributed by atoms with Crippen molar-refractivity contribution >= 4 is 57.3 Å². The summed E-state index contributed by atoms with van der Waals surface area (Å²) in [6.45, 7) is 4.60. The number of benzene rings is 3. The topological polar surface area (TPSA) is 102 Å². The molecule has 1 N–H and O–H groups in total. The highest BCUT2D eigenvalue weighted by atomic mass is 35.5. The van der Waals surface area contributed by atoms with Gasteiger partial charge in [0.1, 0.15) is 23.4 Å². The zero-order chi connectivity index (χ0) is 30.8. The largest absolute Gasteiger partial charge is 0.507 e. The molecule has 11 heteroatoms. The van der Waals surface area contributed by atoms with Crippen molar-refractivity contribution in [1.82, 2.24) is 10.2 Å². The van der Waals surface area contributed by atoms with Crippen LogP contribution in [0.3, 0.4) is 0 Å². The van der Waals surface area contributed by atoms with E-state index in [4.69, 9.17) is 21.1 Å². The molecule has 0 saturated carbocycles. The van der Waals surface area contributed by atoms with Gasteiger partial charge < -0.3 is 14.6 Å². The van der Waals surface area contributed by atoms with Gasteiger partial charge in [-0.15, -0.1) is 10.2 Å². The summed E-state index contributed by atoms with van der Waals surface area (Å²) in [5.74, 6) is 0.0839. The third-order valence-electron chi connectivity index (χ3n) is 7.47. The van der Waals surface area contributed by atoms with Crippen LogP contribution in [0.15, 0.2) is 76.6 Å². The van der Waals surface area contributed by atoms with Gasteiger partial charge in [0.05, 0.1) is 18.2 Å². The number of aromatic nitrogens is 2. The van der Waals surface area contributed by atoms with Gasteiger partial charge in [0.25, 0.3) is 5.78 Å². The molecular formula is C33H30ClN3O5S2. The highest BCUT2D eigenvalue weighted by molar-refractivity contribution is 8.00. The van der Waals surface area contributed by atoms with Crippen LogP contribution in [0.4, 0.5) is 5.13 Å². The normalized spacial score (nSPS) is 18.8. The molecule has 1 saturated heterocycles. The Bertz CT molecular complexity index is 1760. The molecule has 226 valence electrons. The zero-order valence-corrected chi connectivity index (χ0v) is 26.5. The average molecular weight is 648 g/mol. The van der Waals surface area contributed by atoms with Gasteiger partial charge in [0.2, 0.25) is 5.13 Å². The molecule has 3 heterocycles. The number of ether oxygens (including phenoxy) is 2. The molecule has 2 aliphatic rings. The number of Topliss-reactive ketones (excluding diaryl/α,β-unsaturated/α-hetero) is 1. The van der Waals surface area contributed by atoms with E-state index < -0.39 is 17.7 Å². The summed E-state index contributed by atoms with van der Waals surface area (Å²) in [5, 5.41) is 21.2. The minimum atomic E-state index is -0.942. The molecule has 1 fully saturated rings. The molecule has 0 spiro atoms. The Kier molecular flexibility index (Phi) is 8.93. The van der Waals surface area contributed by atoms with Gasteiger partial charge in [0, 0.05) is 22.8 Å². The molecule has 6 rings (SSSR count). The molecule has 1 amide bonds. The van der Waals surface area contributed by atoms with Crippen molar-refractivity contribution in [3.63, 3.8) is 0 Å². The molecule has 2 unspecified atom stereocenters. The van der Waals surface area contributed by atoms with E-state index in [-0.39, 0.29) is 22.6 Å². The first kappa shape index (κ1) is 30.2. The molecular weight excluding hydrogens is 618 g/mol. The number of rotatable bonds is 10. The number of nitrogens with zero attached hydrogens (tertiary/aromatic N) is 3. The van der Waals surface area contributed by atoms with Crippen LogP contribution in [0.25, 0.3) is 5.76 Å². The van der Waals surface area contributed by atoms with E-state index in [9.17, 15) is 14.7 Å². The predicted molar refractivity (Wildman–Crippen MR) is 173 cm³/mol. The molecule has 8 nitrogen and oxygen atoms in total. The zero-order valence-electron chi connectivity index (χ0n) is 24.2. The number of hydrogen-bond acceptors (Lipinski definition) is 9. The van der Waals surface area contributed by atoms with E-state index in [0.717, 1.165) is 29.7 Å². The molecule has 0 radical (unpaired) electrons. The minimum absolute atomic E-state index is 0.0193. The Morgan fingerprint density at radius 3 is 2.80 bits per heavy atom. The van der Waals surface area contributed by atoms with E-state index in [1.54, 1.807) is 18.2 Å². The standard InChI is InChI=1S/C33H30ClN3O5S2/c1-3-4-14-41-24-10-7-9-20(17-24)28-27(29(38)21-12-13-26-23(16-21)15-19(2)42-26)30(39)31(40)37(28)32-35-36-33(44-32)43-18-22-8-5-6-11-25(22)34/h5-13,16-17,19,28,38H,3-4,14-15,18H2,1-2H3/b29-27+. The van der Waals surface area contributed by atoms with Crippen LogP contribution >= 0.6 is 34.7 Å². The first-order chi connectivity index (χ1) is 21.3. The summed E-state index contributed by atoms with van der Waals surface area (Å²) >= 11 is 8.97. The second kappa shape index (κ2) is 13.0. The van der Waals surface area contributed by atoms with Gasteiger partial charge in [0.15, 0.2) is 4.34 Å². The summed E-state index contributed by atoms with van der Waals surface area (Å²) in [5.41, 5.74) is 2.91. The summed E-state index contributed by atoms with van der Waals surface area (Å²) in [4.78, 5) is 28.7. The number of thioether (sulfide) groups is 1. The Morgan fingerprint density at radius 2 is 1.98 bits per heavy atom. The van der Waals surface area contributed by atoms with Gasteiger partial charge in [-0.3, -0.25) is 14.5 Å². The summed E-state index contributed by atoms with van der Waals surface area (Å²) in [6.07, 6.45) is 2.58. The van der Waals surface area contributed by atoms with Gasteiger partial charge >= 0.3 is 5.91 Å². The number of hydrogen-bond donors (Lipinski definition) is 1. The van der Waals surface area contributed by atoms with Crippen LogP contribution < -0.4 is 14.4 Å². The van der Waals surface area contributed by atoms with Crippen LogP contribution in [0.1, 0.15) is 55.0 Å². The van der Waals surface area contributed by atoms with Crippen molar-refractivity contribution in [2.45, 2.75) is 55.3 Å². The van der Waals surface area contributed by atoms with E-state index in [0.29, 0.717) is 45.0 Å². The quantitative estimate of drug-likeness (QED) is 0.0469. The first-order valence-electron chi connectivity index (χ1n) is 14.4. The number of aliphatic hydroxyl groups is 1. The SMILES string of the molecule is CCCCOc1cccc(C2/C(=C(\O)c3ccc4c(c3)CC(C)O4)C(=O)C(=O)N2c2nnc(SCc3ccccc3Cl)s2)c1. The van der Waals surface area contributed by atoms with Crippen LogP contribution in [-0.2, 0) is 21.8 Å². The Hall–Kier alpha value is -3.86. The van der Waals surface area contributed by atoms with E-state index in [1.807, 2.05) is 55.5 Å². The summed E-state index contributed by atoms with van der Waals surface area (Å²) in [7, 11) is 0. The lowest BCUT2D eigenvalue weighted by atomic mass is 9.94. The second-order valence-corrected chi connectivity index (χ2v) is 13.2. The summed E-state index contributed by atoms with van der Waals surface area (Å²) in [6, 6.07) is 19.2. The van der Waals surface area contributed by atoms with Crippen molar-refractivity contribution in [2.75, 3.05) is 11.5 Å². The molecule has 4 aromatic rings. The molecule has 3 aromatic carbocycles. The highest BCUT2D eigenvalue weighted by Gasteiger charge is 2.48. The fourth-order valence-electron chi connectivity index (χ4n) is 5.29. The predicted octanol–water partition coefficient (Wildman–Crippen LogP) is 7.61. The molecule has 1 aromatic heterocycles. The van der Waals surface area contributed by atoms with E-state index in [2.05, 4.69) is 17.1 Å². The Morgan fingerprint density at radius 1 is 1.14 bits per heavy atom. The number of fused-ring (bicyclic) bond motifs is 1. The minimum Gasteiger partial charge on any atom is -0.507 e. The van der Waals surface area contributed by atoms with Crippen LogP contribution in [0.2, 0.25) is 5.02 Å². The van der Waals surface area contributed by atoms with Crippen molar-refractivity contribution in [3.05, 3.63) is 99.6 Å². The first-order valence-corrected chi connectivity index (χ1v) is 16.6. The molecule has 0 aliphatic carbocycles. The van der Waals surface area contributed by atoms with Gasteiger partial charge in [-0.05, 0) is 66.4 Å². The molecule has 44 heavy (non-hydrogen) atoms. The lowest BCUT2D eigenvalue weighted by Crippen LogP contribution is -2.29. The fraction of sp³-hybridized carbons (Fsp3) is 0.273.